The molecule has 1 N–H and O–H groups in total. The van der Waals surface area contributed by atoms with Crippen molar-refractivity contribution in [1.29, 1.82) is 0 Å². The standard InChI is InChI=1S/C15H12O.C10H8O3S/c16-15(14-9-5-2-6-10-14)12-11-13-7-3-1-4-8-13;11-14(12,13)10-7-3-5-8-4-1-2-6-9(8)10/h1-12H;1-7H,(H,11,12,13). The van der Waals surface area contributed by atoms with Gasteiger partial charge in [-0.1, -0.05) is 103 Å². The van der Waals surface area contributed by atoms with E-state index in [4.69, 9.17) is 4.55 Å². The van der Waals surface area contributed by atoms with Gasteiger partial charge in [-0.25, -0.2) is 0 Å². The molecule has 30 heavy (non-hydrogen) atoms. The molecule has 0 bridgehead atoms. The minimum atomic E-state index is -4.13. The van der Waals surface area contributed by atoms with Crippen molar-refractivity contribution in [3.63, 3.8) is 0 Å². The molecule has 0 amide bonds. The minimum Gasteiger partial charge on any atom is -0.289 e. The van der Waals surface area contributed by atoms with Crippen LogP contribution in [0.2, 0.25) is 0 Å². The first kappa shape index (κ1) is 21.2. The fourth-order valence-electron chi connectivity index (χ4n) is 2.86. The number of carbonyl (C=O) groups is 1. The van der Waals surface area contributed by atoms with Crippen LogP contribution >= 0.6 is 0 Å². The molecule has 0 saturated heterocycles. The Labute approximate surface area is 175 Å². The lowest BCUT2D eigenvalue weighted by Gasteiger charge is -2.02. The highest BCUT2D eigenvalue weighted by Gasteiger charge is 2.12. The number of fused-ring (bicyclic) bond motifs is 1. The molecule has 150 valence electrons. The van der Waals surface area contributed by atoms with Crippen LogP contribution in [-0.4, -0.2) is 18.8 Å². The van der Waals surface area contributed by atoms with Crippen LogP contribution in [0.25, 0.3) is 16.8 Å². The molecule has 0 aromatic heterocycles. The smallest absolute Gasteiger partial charge is 0.289 e. The Kier molecular flexibility index (Phi) is 6.91. The van der Waals surface area contributed by atoms with E-state index in [9.17, 15) is 13.2 Å². The summed E-state index contributed by atoms with van der Waals surface area (Å²) in [6.45, 7) is 0. The Morgan fingerprint density at radius 1 is 0.700 bits per heavy atom. The largest absolute Gasteiger partial charge is 0.295 e. The lowest BCUT2D eigenvalue weighted by Crippen LogP contribution is -1.98. The Bertz CT molecular complexity index is 1260. The third-order valence-electron chi connectivity index (χ3n) is 4.31. The van der Waals surface area contributed by atoms with E-state index >= 15 is 0 Å². The summed E-state index contributed by atoms with van der Waals surface area (Å²) in [6, 6.07) is 30.8. The van der Waals surface area contributed by atoms with Gasteiger partial charge in [-0.05, 0) is 23.1 Å². The normalized spacial score (nSPS) is 11.1. The first-order valence-electron chi connectivity index (χ1n) is 9.23. The zero-order valence-corrected chi connectivity index (χ0v) is 16.9. The first-order chi connectivity index (χ1) is 14.4. The minimum absolute atomic E-state index is 0.0319. The number of rotatable bonds is 4. The number of ketones is 1. The van der Waals surface area contributed by atoms with Crippen LogP contribution in [0.15, 0.2) is 114 Å². The molecule has 5 heteroatoms. The lowest BCUT2D eigenvalue weighted by molar-refractivity contribution is 0.104. The maximum Gasteiger partial charge on any atom is 0.295 e. The van der Waals surface area contributed by atoms with E-state index in [0.717, 1.165) is 16.5 Å². The van der Waals surface area contributed by atoms with Crippen LogP contribution < -0.4 is 0 Å². The molecular weight excluding hydrogens is 396 g/mol. The zero-order chi connectivity index (χ0) is 21.4. The predicted octanol–water partition coefficient (Wildman–Crippen LogP) is 5.67. The monoisotopic (exact) mass is 416 g/mol. The number of benzene rings is 4. The van der Waals surface area contributed by atoms with Gasteiger partial charge in [0.15, 0.2) is 5.78 Å². The van der Waals surface area contributed by atoms with Crippen LogP contribution in [0.4, 0.5) is 0 Å². The molecule has 0 atom stereocenters. The Hall–Kier alpha value is -3.54. The van der Waals surface area contributed by atoms with Crippen LogP contribution in [0, 0.1) is 0 Å². The lowest BCUT2D eigenvalue weighted by atomic mass is 10.1. The van der Waals surface area contributed by atoms with Crippen molar-refractivity contribution in [3.05, 3.63) is 120 Å². The summed E-state index contributed by atoms with van der Waals surface area (Å²) in [6.07, 6.45) is 3.43. The van der Waals surface area contributed by atoms with E-state index in [1.807, 2.05) is 72.8 Å². The van der Waals surface area contributed by atoms with Crippen molar-refractivity contribution in [2.75, 3.05) is 0 Å². The molecule has 0 fully saturated rings. The molecule has 0 spiro atoms. The molecule has 4 nitrogen and oxygen atoms in total. The molecule has 0 aliphatic carbocycles. The fraction of sp³-hybridized carbons (Fsp3) is 0. The van der Waals surface area contributed by atoms with Crippen LogP contribution in [0.5, 0.6) is 0 Å². The zero-order valence-electron chi connectivity index (χ0n) is 16.0. The van der Waals surface area contributed by atoms with Gasteiger partial charge in [0.25, 0.3) is 10.1 Å². The predicted molar refractivity (Wildman–Crippen MR) is 120 cm³/mol. The second-order valence-electron chi connectivity index (χ2n) is 6.43. The van der Waals surface area contributed by atoms with Crippen LogP contribution in [-0.2, 0) is 10.1 Å². The number of carbonyl (C=O) groups excluding carboxylic acids is 1. The Balaban J connectivity index is 0.000000172. The van der Waals surface area contributed by atoms with Gasteiger partial charge in [0.1, 0.15) is 4.90 Å². The van der Waals surface area contributed by atoms with Crippen LogP contribution in [0.1, 0.15) is 15.9 Å². The van der Waals surface area contributed by atoms with Crippen LogP contribution in [0.3, 0.4) is 0 Å². The molecular formula is C25H20O4S. The van der Waals surface area contributed by atoms with Crippen molar-refractivity contribution < 1.29 is 17.8 Å². The highest BCUT2D eigenvalue weighted by atomic mass is 32.2. The molecule has 0 heterocycles. The topological polar surface area (TPSA) is 71.4 Å². The van der Waals surface area contributed by atoms with E-state index in [2.05, 4.69) is 0 Å². The average molecular weight is 416 g/mol. The van der Waals surface area contributed by atoms with Gasteiger partial charge < -0.3 is 0 Å². The van der Waals surface area contributed by atoms with Gasteiger partial charge in [0.05, 0.1) is 0 Å². The third-order valence-corrected chi connectivity index (χ3v) is 5.22. The summed E-state index contributed by atoms with van der Waals surface area (Å²) in [4.78, 5) is 11.7. The van der Waals surface area contributed by atoms with Gasteiger partial charge in [-0.3, -0.25) is 9.35 Å². The molecule has 4 aromatic rings. The molecule has 0 unspecified atom stereocenters. The summed E-state index contributed by atoms with van der Waals surface area (Å²) in [5, 5.41) is 1.33. The van der Waals surface area contributed by atoms with Gasteiger partial charge in [-0.15, -0.1) is 0 Å². The van der Waals surface area contributed by atoms with Crippen molar-refractivity contribution in [1.82, 2.24) is 0 Å². The maximum absolute atomic E-state index is 11.7. The van der Waals surface area contributed by atoms with Crippen molar-refractivity contribution >= 4 is 32.7 Å². The summed E-state index contributed by atoms with van der Waals surface area (Å²) in [5.74, 6) is 0.0319. The molecule has 0 aliphatic heterocycles. The van der Waals surface area contributed by atoms with E-state index in [-0.39, 0.29) is 10.7 Å². The van der Waals surface area contributed by atoms with Gasteiger partial charge in [0, 0.05) is 10.9 Å². The Morgan fingerprint density at radius 3 is 1.93 bits per heavy atom. The highest BCUT2D eigenvalue weighted by molar-refractivity contribution is 7.86. The van der Waals surface area contributed by atoms with Gasteiger partial charge in [0.2, 0.25) is 0 Å². The van der Waals surface area contributed by atoms with E-state index in [0.29, 0.717) is 5.39 Å². The SMILES string of the molecule is O=C(C=Cc1ccccc1)c1ccccc1.O=S(=O)(O)c1cccc2ccccc12. The van der Waals surface area contributed by atoms with Gasteiger partial charge >= 0.3 is 0 Å². The second kappa shape index (κ2) is 9.78. The summed E-state index contributed by atoms with van der Waals surface area (Å²) >= 11 is 0. The van der Waals surface area contributed by atoms with Gasteiger partial charge in [-0.2, -0.15) is 8.42 Å². The average Bonchev–Trinajstić information content (AvgIpc) is 2.78. The fourth-order valence-corrected chi connectivity index (χ4v) is 3.57. The quantitative estimate of drug-likeness (QED) is 0.264. The van der Waals surface area contributed by atoms with E-state index in [1.165, 1.54) is 6.07 Å². The molecule has 4 rings (SSSR count). The van der Waals surface area contributed by atoms with Crippen molar-refractivity contribution in [3.8, 4) is 0 Å². The molecule has 0 aliphatic rings. The first-order valence-corrected chi connectivity index (χ1v) is 10.7. The van der Waals surface area contributed by atoms with E-state index in [1.54, 1.807) is 36.4 Å². The second-order valence-corrected chi connectivity index (χ2v) is 7.82. The third kappa shape index (κ3) is 5.73. The van der Waals surface area contributed by atoms with Crippen molar-refractivity contribution in [2.45, 2.75) is 4.90 Å². The van der Waals surface area contributed by atoms with E-state index < -0.39 is 10.1 Å². The number of hydrogen-bond donors (Lipinski definition) is 1. The molecule has 0 radical (unpaired) electrons. The molecule has 0 saturated carbocycles. The Morgan fingerprint density at radius 2 is 1.27 bits per heavy atom. The number of allylic oxidation sites excluding steroid dienone is 1. The highest BCUT2D eigenvalue weighted by Crippen LogP contribution is 2.22. The summed E-state index contributed by atoms with van der Waals surface area (Å²) in [5.41, 5.74) is 1.75. The van der Waals surface area contributed by atoms with Crippen molar-refractivity contribution in [2.24, 2.45) is 0 Å². The summed E-state index contributed by atoms with van der Waals surface area (Å²) in [7, 11) is -4.13. The molecule has 4 aromatic carbocycles. The maximum atomic E-state index is 11.7. The summed E-state index contributed by atoms with van der Waals surface area (Å²) < 4.78 is 31.0. The number of hydrogen-bond acceptors (Lipinski definition) is 3.